The third kappa shape index (κ3) is 1.33. The number of carbonyl (C=O) groups excluding carboxylic acids is 1. The van der Waals surface area contributed by atoms with Crippen molar-refractivity contribution in [3.05, 3.63) is 17.9 Å². The third-order valence-corrected chi connectivity index (χ3v) is 1.47. The predicted molar refractivity (Wildman–Crippen MR) is 41.9 cm³/mol. The molecule has 0 atom stereocenters. The van der Waals surface area contributed by atoms with Gasteiger partial charge in [0, 0.05) is 0 Å². The molecule has 0 unspecified atom stereocenters. The van der Waals surface area contributed by atoms with Crippen molar-refractivity contribution >= 4 is 6.29 Å². The van der Waals surface area contributed by atoms with Crippen molar-refractivity contribution in [2.75, 3.05) is 0 Å². The number of nitrogens with zero attached hydrogens (tertiary/aromatic N) is 4. The van der Waals surface area contributed by atoms with Crippen LogP contribution in [-0.2, 0) is 7.05 Å². The van der Waals surface area contributed by atoms with Crippen LogP contribution in [0.2, 0.25) is 0 Å². The Bertz CT molecular complexity index is 431. The van der Waals surface area contributed by atoms with Crippen LogP contribution < -0.4 is 0 Å². The Kier molecular flexibility index (Phi) is 1.66. The Morgan fingerprint density at radius 3 is 2.92 bits per heavy atom. The molecule has 0 N–H and O–H groups in total. The maximum absolute atomic E-state index is 10.3. The fourth-order valence-electron chi connectivity index (χ4n) is 0.919. The minimum absolute atomic E-state index is 0.252. The summed E-state index contributed by atoms with van der Waals surface area (Å²) in [6.07, 6.45) is 0.625. The molecule has 2 heterocycles. The number of furan rings is 1. The molecular weight excluding hydrogens is 172 g/mol. The number of rotatable bonds is 2. The first-order valence-electron chi connectivity index (χ1n) is 3.59. The first-order valence-corrected chi connectivity index (χ1v) is 3.59. The Labute approximate surface area is 73.2 Å². The first-order chi connectivity index (χ1) is 6.29. The van der Waals surface area contributed by atoms with Gasteiger partial charge in [0.2, 0.25) is 5.82 Å². The molecule has 0 saturated heterocycles. The van der Waals surface area contributed by atoms with Crippen LogP contribution in [0, 0.1) is 0 Å². The van der Waals surface area contributed by atoms with Gasteiger partial charge in [0.25, 0.3) is 0 Å². The second kappa shape index (κ2) is 2.81. The normalized spacial score (nSPS) is 10.2. The topological polar surface area (TPSA) is 73.8 Å². The lowest BCUT2D eigenvalue weighted by Gasteiger charge is -1.84. The highest BCUT2D eigenvalue weighted by atomic mass is 16.3. The van der Waals surface area contributed by atoms with E-state index in [1.165, 1.54) is 4.80 Å². The van der Waals surface area contributed by atoms with Gasteiger partial charge in [-0.2, -0.15) is 4.80 Å². The molecule has 6 nitrogen and oxygen atoms in total. The average Bonchev–Trinajstić information content (AvgIpc) is 2.71. The SMILES string of the molecule is Cn1nnc(-c2ccc(C=O)o2)n1. The fourth-order valence-corrected chi connectivity index (χ4v) is 0.919. The number of aromatic nitrogens is 4. The van der Waals surface area contributed by atoms with Crippen LogP contribution in [0.3, 0.4) is 0 Å². The van der Waals surface area contributed by atoms with E-state index in [4.69, 9.17) is 4.42 Å². The van der Waals surface area contributed by atoms with Gasteiger partial charge in [-0.3, -0.25) is 4.79 Å². The van der Waals surface area contributed by atoms with Crippen LogP contribution in [0.4, 0.5) is 0 Å². The van der Waals surface area contributed by atoms with Gasteiger partial charge in [0.1, 0.15) is 0 Å². The highest BCUT2D eigenvalue weighted by Crippen LogP contribution is 2.15. The lowest BCUT2D eigenvalue weighted by molar-refractivity contribution is 0.110. The lowest BCUT2D eigenvalue weighted by atomic mass is 10.4. The molecule has 0 aliphatic rings. The molecule has 2 aromatic rings. The Morgan fingerprint density at radius 1 is 1.54 bits per heavy atom. The molecule has 0 aromatic carbocycles. The highest BCUT2D eigenvalue weighted by molar-refractivity contribution is 5.71. The average molecular weight is 178 g/mol. The van der Waals surface area contributed by atoms with E-state index in [0.29, 0.717) is 17.9 Å². The van der Waals surface area contributed by atoms with E-state index in [2.05, 4.69) is 15.4 Å². The van der Waals surface area contributed by atoms with E-state index in [-0.39, 0.29) is 5.76 Å². The number of aryl methyl sites for hydroxylation is 1. The van der Waals surface area contributed by atoms with Gasteiger partial charge in [-0.1, -0.05) is 0 Å². The van der Waals surface area contributed by atoms with Crippen LogP contribution in [0.1, 0.15) is 10.6 Å². The summed E-state index contributed by atoms with van der Waals surface area (Å²) in [4.78, 5) is 11.6. The molecule has 0 amide bonds. The molecule has 0 aliphatic heterocycles. The predicted octanol–water partition coefficient (Wildman–Crippen LogP) is 0.283. The fraction of sp³-hybridized carbons (Fsp3) is 0.143. The summed E-state index contributed by atoms with van der Waals surface area (Å²) in [7, 11) is 1.65. The third-order valence-electron chi connectivity index (χ3n) is 1.47. The second-order valence-electron chi connectivity index (χ2n) is 2.42. The van der Waals surface area contributed by atoms with Gasteiger partial charge in [0.05, 0.1) is 7.05 Å². The van der Waals surface area contributed by atoms with Crippen molar-refractivity contribution in [3.8, 4) is 11.6 Å². The van der Waals surface area contributed by atoms with Crippen LogP contribution in [-0.4, -0.2) is 26.5 Å². The van der Waals surface area contributed by atoms with E-state index < -0.39 is 0 Å². The summed E-state index contributed by atoms with van der Waals surface area (Å²) < 4.78 is 5.09. The smallest absolute Gasteiger partial charge is 0.240 e. The number of aldehydes is 1. The molecule has 0 bridgehead atoms. The zero-order valence-electron chi connectivity index (χ0n) is 6.84. The monoisotopic (exact) mass is 178 g/mol. The summed E-state index contributed by atoms with van der Waals surface area (Å²) in [6.45, 7) is 0. The molecule has 2 aromatic heterocycles. The number of tetrazole rings is 1. The molecule has 6 heteroatoms. The Balaban J connectivity index is 2.40. The number of hydrogen-bond acceptors (Lipinski definition) is 5. The molecule has 0 fully saturated rings. The van der Waals surface area contributed by atoms with E-state index in [0.717, 1.165) is 0 Å². The summed E-state index contributed by atoms with van der Waals surface area (Å²) in [6, 6.07) is 3.18. The molecule has 0 aliphatic carbocycles. The first kappa shape index (κ1) is 7.66. The van der Waals surface area contributed by atoms with Gasteiger partial charge in [0.15, 0.2) is 17.8 Å². The van der Waals surface area contributed by atoms with Gasteiger partial charge in [-0.15, -0.1) is 10.2 Å². The second-order valence-corrected chi connectivity index (χ2v) is 2.42. The van der Waals surface area contributed by atoms with Crippen molar-refractivity contribution in [1.82, 2.24) is 20.2 Å². The maximum atomic E-state index is 10.3. The Morgan fingerprint density at radius 2 is 2.38 bits per heavy atom. The summed E-state index contributed by atoms with van der Waals surface area (Å²) >= 11 is 0. The van der Waals surface area contributed by atoms with Crippen LogP contribution >= 0.6 is 0 Å². The van der Waals surface area contributed by atoms with E-state index in [1.807, 2.05) is 0 Å². The quantitative estimate of drug-likeness (QED) is 0.617. The van der Waals surface area contributed by atoms with E-state index in [1.54, 1.807) is 19.2 Å². The molecular formula is C7H6N4O2. The zero-order chi connectivity index (χ0) is 9.26. The van der Waals surface area contributed by atoms with Crippen LogP contribution in [0.5, 0.6) is 0 Å². The summed E-state index contributed by atoms with van der Waals surface area (Å²) in [5.41, 5.74) is 0. The summed E-state index contributed by atoms with van der Waals surface area (Å²) in [5.74, 6) is 1.06. The molecule has 2 rings (SSSR count). The number of hydrogen-bond donors (Lipinski definition) is 0. The standard InChI is InChI=1S/C7H6N4O2/c1-11-9-7(8-10-11)6-3-2-5(4-12)13-6/h2-4H,1H3. The highest BCUT2D eigenvalue weighted by Gasteiger charge is 2.08. The molecule has 66 valence electrons. The van der Waals surface area contributed by atoms with Gasteiger partial charge in [-0.25, -0.2) is 0 Å². The lowest BCUT2D eigenvalue weighted by Crippen LogP contribution is -1.91. The Hall–Kier alpha value is -1.98. The molecule has 13 heavy (non-hydrogen) atoms. The van der Waals surface area contributed by atoms with Crippen molar-refractivity contribution in [3.63, 3.8) is 0 Å². The maximum Gasteiger partial charge on any atom is 0.240 e. The summed E-state index contributed by atoms with van der Waals surface area (Å²) in [5, 5.41) is 11.3. The van der Waals surface area contributed by atoms with Crippen molar-refractivity contribution in [2.24, 2.45) is 7.05 Å². The van der Waals surface area contributed by atoms with Crippen molar-refractivity contribution in [2.45, 2.75) is 0 Å². The molecule has 0 spiro atoms. The zero-order valence-corrected chi connectivity index (χ0v) is 6.84. The minimum atomic E-state index is 0.252. The molecule has 0 radical (unpaired) electrons. The van der Waals surface area contributed by atoms with E-state index in [9.17, 15) is 4.79 Å². The van der Waals surface area contributed by atoms with E-state index >= 15 is 0 Å². The van der Waals surface area contributed by atoms with Gasteiger partial charge in [-0.05, 0) is 17.3 Å². The largest absolute Gasteiger partial charge is 0.450 e. The van der Waals surface area contributed by atoms with Gasteiger partial charge < -0.3 is 4.42 Å². The van der Waals surface area contributed by atoms with Crippen molar-refractivity contribution < 1.29 is 9.21 Å². The van der Waals surface area contributed by atoms with Crippen LogP contribution in [0.25, 0.3) is 11.6 Å². The molecule has 0 saturated carbocycles. The van der Waals surface area contributed by atoms with Crippen molar-refractivity contribution in [1.29, 1.82) is 0 Å². The van der Waals surface area contributed by atoms with Crippen LogP contribution in [0.15, 0.2) is 16.5 Å². The van der Waals surface area contributed by atoms with Gasteiger partial charge >= 0.3 is 0 Å². The number of carbonyl (C=O) groups is 1. The minimum Gasteiger partial charge on any atom is -0.450 e.